The molecule has 0 spiro atoms. The smallest absolute Gasteiger partial charge is 0.231 e. The maximum absolute atomic E-state index is 13.5. The van der Waals surface area contributed by atoms with Crippen LogP contribution < -0.4 is 4.90 Å². The number of carbonyl (C=O) groups is 2. The molecule has 3 nitrogen and oxygen atoms in total. The number of halogens is 2. The minimum Gasteiger partial charge on any atom is -0.315 e. The van der Waals surface area contributed by atoms with Gasteiger partial charge in [-0.15, -0.1) is 0 Å². The molecular formula is C16H11BrFNO2. The fourth-order valence-electron chi connectivity index (χ4n) is 2.45. The van der Waals surface area contributed by atoms with Gasteiger partial charge in [-0.3, -0.25) is 9.59 Å². The highest BCUT2D eigenvalue weighted by Gasteiger charge is 2.25. The molecule has 3 rings (SSSR count). The lowest BCUT2D eigenvalue weighted by atomic mass is 10.00. The van der Waals surface area contributed by atoms with Crippen molar-refractivity contribution in [3.63, 3.8) is 0 Å². The van der Waals surface area contributed by atoms with Crippen molar-refractivity contribution in [1.29, 1.82) is 0 Å². The van der Waals surface area contributed by atoms with E-state index in [1.54, 1.807) is 36.2 Å². The zero-order valence-corrected chi connectivity index (χ0v) is 12.8. The second-order valence-electron chi connectivity index (χ2n) is 4.90. The monoisotopic (exact) mass is 347 g/mol. The average molecular weight is 348 g/mol. The van der Waals surface area contributed by atoms with E-state index in [4.69, 9.17) is 0 Å². The Morgan fingerprint density at radius 2 is 2.05 bits per heavy atom. The van der Waals surface area contributed by atoms with Gasteiger partial charge >= 0.3 is 0 Å². The first kappa shape index (κ1) is 13.9. The molecule has 0 atom stereocenters. The molecule has 1 aliphatic heterocycles. The fraction of sp³-hybridized carbons (Fsp3) is 0.125. The van der Waals surface area contributed by atoms with Crippen LogP contribution in [0, 0.1) is 5.82 Å². The summed E-state index contributed by atoms with van der Waals surface area (Å²) in [6.07, 6.45) is 0.289. The van der Waals surface area contributed by atoms with Gasteiger partial charge in [-0.2, -0.15) is 0 Å². The third-order valence-corrected chi connectivity index (χ3v) is 4.42. The van der Waals surface area contributed by atoms with Crippen molar-refractivity contribution in [2.45, 2.75) is 6.42 Å². The predicted octanol–water partition coefficient (Wildman–Crippen LogP) is 3.34. The summed E-state index contributed by atoms with van der Waals surface area (Å²) >= 11 is 3.10. The van der Waals surface area contributed by atoms with Crippen LogP contribution in [0.5, 0.6) is 0 Å². The molecule has 5 heteroatoms. The Labute approximate surface area is 129 Å². The number of likely N-dealkylation sites (N-methyl/N-ethyl adjacent to an activating group) is 1. The molecule has 0 aromatic heterocycles. The topological polar surface area (TPSA) is 37.4 Å². The van der Waals surface area contributed by atoms with E-state index in [2.05, 4.69) is 15.9 Å². The molecule has 0 N–H and O–H groups in total. The maximum Gasteiger partial charge on any atom is 0.231 e. The number of benzene rings is 2. The van der Waals surface area contributed by atoms with Gasteiger partial charge in [-0.1, -0.05) is 6.07 Å². The molecule has 0 bridgehead atoms. The normalized spacial score (nSPS) is 13.5. The van der Waals surface area contributed by atoms with Crippen LogP contribution >= 0.6 is 15.9 Å². The molecule has 1 heterocycles. The number of fused-ring (bicyclic) bond motifs is 1. The van der Waals surface area contributed by atoms with Gasteiger partial charge in [0, 0.05) is 23.9 Å². The standard InChI is InChI=1S/C16H11BrFNO2/c1-19-13-6-5-9(7-10(13)8-14(19)20)16(21)11-3-2-4-12(18)15(11)17/h2-7H,8H2,1H3. The highest BCUT2D eigenvalue weighted by atomic mass is 79.9. The van der Waals surface area contributed by atoms with Gasteiger partial charge in [-0.25, -0.2) is 4.39 Å². The third kappa shape index (κ3) is 2.27. The van der Waals surface area contributed by atoms with Crippen molar-refractivity contribution >= 4 is 33.3 Å². The third-order valence-electron chi connectivity index (χ3n) is 3.62. The van der Waals surface area contributed by atoms with E-state index < -0.39 is 5.82 Å². The van der Waals surface area contributed by atoms with Crippen molar-refractivity contribution in [2.24, 2.45) is 0 Å². The van der Waals surface area contributed by atoms with Crippen molar-refractivity contribution in [1.82, 2.24) is 0 Å². The summed E-state index contributed by atoms with van der Waals surface area (Å²) in [5.41, 5.74) is 2.35. The van der Waals surface area contributed by atoms with Gasteiger partial charge in [0.25, 0.3) is 0 Å². The van der Waals surface area contributed by atoms with Gasteiger partial charge in [0.1, 0.15) is 5.82 Å². The van der Waals surface area contributed by atoms with Crippen LogP contribution in [0.3, 0.4) is 0 Å². The molecule has 2 aromatic rings. The average Bonchev–Trinajstić information content (AvgIpc) is 2.76. The number of amides is 1. The summed E-state index contributed by atoms with van der Waals surface area (Å²) in [6, 6.07) is 9.47. The molecule has 0 unspecified atom stereocenters. The maximum atomic E-state index is 13.5. The van der Waals surface area contributed by atoms with Crippen LogP contribution in [0.2, 0.25) is 0 Å². The number of nitrogens with zero attached hydrogens (tertiary/aromatic N) is 1. The second-order valence-corrected chi connectivity index (χ2v) is 5.70. The zero-order valence-electron chi connectivity index (χ0n) is 11.2. The first-order valence-corrected chi connectivity index (χ1v) is 7.16. The Kier molecular flexibility index (Phi) is 3.37. The first-order chi connectivity index (χ1) is 9.99. The lowest BCUT2D eigenvalue weighted by Gasteiger charge is -2.10. The van der Waals surface area contributed by atoms with Gasteiger partial charge in [-0.05, 0) is 51.8 Å². The molecule has 2 aromatic carbocycles. The molecular weight excluding hydrogens is 337 g/mol. The largest absolute Gasteiger partial charge is 0.315 e. The van der Waals surface area contributed by atoms with E-state index in [-0.39, 0.29) is 28.1 Å². The molecule has 1 amide bonds. The quantitative estimate of drug-likeness (QED) is 0.781. The van der Waals surface area contributed by atoms with Gasteiger partial charge in [0.2, 0.25) is 5.91 Å². The number of rotatable bonds is 2. The lowest BCUT2D eigenvalue weighted by molar-refractivity contribution is -0.117. The highest BCUT2D eigenvalue weighted by molar-refractivity contribution is 9.10. The molecule has 0 fully saturated rings. The molecule has 0 radical (unpaired) electrons. The van der Waals surface area contributed by atoms with Crippen LogP contribution in [-0.4, -0.2) is 18.7 Å². The Morgan fingerprint density at radius 1 is 1.29 bits per heavy atom. The molecule has 21 heavy (non-hydrogen) atoms. The van der Waals surface area contributed by atoms with Crippen molar-refractivity contribution in [2.75, 3.05) is 11.9 Å². The van der Waals surface area contributed by atoms with Crippen molar-refractivity contribution in [3.8, 4) is 0 Å². The molecule has 0 saturated heterocycles. The summed E-state index contributed by atoms with van der Waals surface area (Å²) in [4.78, 5) is 25.7. The summed E-state index contributed by atoms with van der Waals surface area (Å²) < 4.78 is 13.7. The van der Waals surface area contributed by atoms with Crippen LogP contribution in [0.15, 0.2) is 40.9 Å². The molecule has 0 saturated carbocycles. The van der Waals surface area contributed by atoms with Crippen LogP contribution in [0.1, 0.15) is 21.5 Å². The Morgan fingerprint density at radius 3 is 2.81 bits per heavy atom. The lowest BCUT2D eigenvalue weighted by Crippen LogP contribution is -2.20. The van der Waals surface area contributed by atoms with E-state index in [1.165, 1.54) is 12.1 Å². The zero-order chi connectivity index (χ0) is 15.1. The predicted molar refractivity (Wildman–Crippen MR) is 81.1 cm³/mol. The number of anilines is 1. The summed E-state index contributed by atoms with van der Waals surface area (Å²) in [6.45, 7) is 0. The van der Waals surface area contributed by atoms with Crippen LogP contribution in [0.4, 0.5) is 10.1 Å². The van der Waals surface area contributed by atoms with Gasteiger partial charge in [0.05, 0.1) is 10.9 Å². The van der Waals surface area contributed by atoms with E-state index in [1.807, 2.05) is 0 Å². The van der Waals surface area contributed by atoms with Crippen molar-refractivity contribution in [3.05, 3.63) is 63.4 Å². The molecule has 0 aliphatic carbocycles. The highest BCUT2D eigenvalue weighted by Crippen LogP contribution is 2.30. The minimum absolute atomic E-state index is 0.00142. The Hall–Kier alpha value is -2.01. The SMILES string of the molecule is CN1C(=O)Cc2cc(C(=O)c3cccc(F)c3Br)ccc21. The summed E-state index contributed by atoms with van der Waals surface area (Å²) in [5, 5.41) is 0. The van der Waals surface area contributed by atoms with Crippen LogP contribution in [-0.2, 0) is 11.2 Å². The number of hydrogen-bond donors (Lipinski definition) is 0. The van der Waals surface area contributed by atoms with E-state index >= 15 is 0 Å². The summed E-state index contributed by atoms with van der Waals surface area (Å²) in [7, 11) is 1.71. The first-order valence-electron chi connectivity index (χ1n) is 6.37. The number of hydrogen-bond acceptors (Lipinski definition) is 2. The van der Waals surface area contributed by atoms with E-state index in [0.29, 0.717) is 5.56 Å². The van der Waals surface area contributed by atoms with Crippen molar-refractivity contribution < 1.29 is 14.0 Å². The molecule has 1 aliphatic rings. The van der Waals surface area contributed by atoms with Gasteiger partial charge < -0.3 is 4.90 Å². The number of ketones is 1. The number of carbonyl (C=O) groups excluding carboxylic acids is 2. The Bertz CT molecular complexity index is 773. The van der Waals surface area contributed by atoms with Crippen LogP contribution in [0.25, 0.3) is 0 Å². The van der Waals surface area contributed by atoms with Gasteiger partial charge in [0.15, 0.2) is 5.78 Å². The van der Waals surface area contributed by atoms with E-state index in [0.717, 1.165) is 11.3 Å². The fourth-order valence-corrected chi connectivity index (χ4v) is 2.89. The second kappa shape index (κ2) is 5.07. The van der Waals surface area contributed by atoms with E-state index in [9.17, 15) is 14.0 Å². The minimum atomic E-state index is -0.475. The molecule has 106 valence electrons. The summed E-state index contributed by atoms with van der Waals surface area (Å²) in [5.74, 6) is -0.746. The Balaban J connectivity index is 2.02.